The van der Waals surface area contributed by atoms with Crippen molar-refractivity contribution in [2.24, 2.45) is 17.3 Å². The van der Waals surface area contributed by atoms with Gasteiger partial charge in [-0.25, -0.2) is 0 Å². The third kappa shape index (κ3) is 5.65. The first-order valence-corrected chi connectivity index (χ1v) is 11.9. The second-order valence-corrected chi connectivity index (χ2v) is 10.3. The fourth-order valence-corrected chi connectivity index (χ4v) is 5.89. The minimum Gasteiger partial charge on any atom is -0.393 e. The Kier molecular flexibility index (Phi) is 7.91. The maximum atomic E-state index is 12.9. The second-order valence-electron chi connectivity index (χ2n) is 10.3. The quantitative estimate of drug-likeness (QED) is 0.259. The first kappa shape index (κ1) is 27.8. The van der Waals surface area contributed by atoms with Gasteiger partial charge < -0.3 is 15.3 Å². The smallest absolute Gasteiger partial charge is 0.393 e. The number of hydrogen-bond acceptors (Lipinski definition) is 3. The Morgan fingerprint density at radius 2 is 1.69 bits per heavy atom. The molecule has 3 N–H and O–H groups in total. The van der Waals surface area contributed by atoms with Crippen molar-refractivity contribution in [3.8, 4) is 11.8 Å². The summed E-state index contributed by atoms with van der Waals surface area (Å²) in [4.78, 5) is 0. The van der Waals surface area contributed by atoms with Gasteiger partial charge in [-0.15, -0.1) is 0 Å². The molecule has 196 valence electrons. The van der Waals surface area contributed by atoms with Crippen LogP contribution < -0.4 is 0 Å². The van der Waals surface area contributed by atoms with Crippen molar-refractivity contribution in [2.45, 2.75) is 95.4 Å². The molecule has 0 heterocycles. The highest BCUT2D eigenvalue weighted by Crippen LogP contribution is 2.57. The molecule has 0 spiro atoms. The van der Waals surface area contributed by atoms with Crippen LogP contribution in [-0.4, -0.2) is 45.5 Å². The molecule has 0 aliphatic heterocycles. The van der Waals surface area contributed by atoms with E-state index in [1.807, 2.05) is 18.1 Å². The van der Waals surface area contributed by atoms with Crippen molar-refractivity contribution in [3.63, 3.8) is 0 Å². The molecule has 2 saturated carbocycles. The molecule has 0 aromatic rings. The van der Waals surface area contributed by atoms with Gasteiger partial charge in [0.25, 0.3) is 0 Å². The zero-order valence-electron chi connectivity index (χ0n) is 19.8. The van der Waals surface area contributed by atoms with Crippen molar-refractivity contribution < 1.29 is 41.7 Å². The van der Waals surface area contributed by atoms with Gasteiger partial charge in [0.2, 0.25) is 0 Å². The standard InChI is InChI=1S/C26H32F6O3/c1-16(5-3-12-24(35,25(27,28)29)26(30,31)32)21-9-10-22-18(6-4-11-23(21,22)2)8-7-17-13-19(33)15-20(34)14-17/h7-9,16,19-20,22,33-35H,4-6,10-11,13-15H2,1-2H3/b18-8+/t16-,19+,20+,22+,23-/m1/s1. The maximum Gasteiger partial charge on any atom is 0.438 e. The molecule has 5 atom stereocenters. The summed E-state index contributed by atoms with van der Waals surface area (Å²) in [6, 6.07) is 0. The van der Waals surface area contributed by atoms with Gasteiger partial charge in [0.05, 0.1) is 12.2 Å². The average Bonchev–Trinajstić information content (AvgIpc) is 3.07. The van der Waals surface area contributed by atoms with E-state index in [1.54, 1.807) is 6.92 Å². The lowest BCUT2D eigenvalue weighted by Crippen LogP contribution is -2.55. The Labute approximate surface area is 201 Å². The summed E-state index contributed by atoms with van der Waals surface area (Å²) >= 11 is 0. The van der Waals surface area contributed by atoms with Crippen LogP contribution >= 0.6 is 0 Å². The molecule has 0 unspecified atom stereocenters. The van der Waals surface area contributed by atoms with Crippen LogP contribution in [0, 0.1) is 29.1 Å². The Balaban J connectivity index is 1.75. The number of aliphatic hydroxyl groups excluding tert-OH is 2. The molecule has 3 rings (SSSR count). The molecule has 3 aliphatic carbocycles. The van der Waals surface area contributed by atoms with Gasteiger partial charge >= 0.3 is 18.0 Å². The monoisotopic (exact) mass is 506 g/mol. The van der Waals surface area contributed by atoms with E-state index in [9.17, 15) is 41.7 Å². The molecule has 3 aliphatic rings. The van der Waals surface area contributed by atoms with E-state index in [-0.39, 0.29) is 23.7 Å². The average molecular weight is 507 g/mol. The summed E-state index contributed by atoms with van der Waals surface area (Å²) in [7, 11) is 0. The maximum absolute atomic E-state index is 12.9. The Hall–Kier alpha value is -1.76. The molecular weight excluding hydrogens is 474 g/mol. The fraction of sp³-hybridized carbons (Fsp3) is 0.692. The van der Waals surface area contributed by atoms with Crippen LogP contribution in [0.1, 0.15) is 65.2 Å². The molecule has 0 aromatic carbocycles. The highest BCUT2D eigenvalue weighted by molar-refractivity contribution is 5.35. The van der Waals surface area contributed by atoms with Gasteiger partial charge in [-0.05, 0) is 68.1 Å². The zero-order valence-corrected chi connectivity index (χ0v) is 19.8. The molecular formula is C26H32F6O3. The van der Waals surface area contributed by atoms with Crippen LogP contribution in [0.2, 0.25) is 0 Å². The molecule has 0 bridgehead atoms. The number of fused-ring (bicyclic) bond motifs is 1. The topological polar surface area (TPSA) is 60.7 Å². The Morgan fingerprint density at radius 3 is 2.26 bits per heavy atom. The van der Waals surface area contributed by atoms with Crippen LogP contribution in [0.5, 0.6) is 0 Å². The zero-order chi connectivity index (χ0) is 26.2. The highest BCUT2D eigenvalue weighted by atomic mass is 19.4. The summed E-state index contributed by atoms with van der Waals surface area (Å²) in [6.45, 7) is 3.82. The van der Waals surface area contributed by atoms with Gasteiger partial charge in [-0.2, -0.15) is 26.3 Å². The van der Waals surface area contributed by atoms with Crippen LogP contribution in [0.25, 0.3) is 0 Å². The summed E-state index contributed by atoms with van der Waals surface area (Å²) in [6.07, 6.45) is -2.46. The van der Waals surface area contributed by atoms with Crippen molar-refractivity contribution >= 4 is 0 Å². The first-order chi connectivity index (χ1) is 16.1. The van der Waals surface area contributed by atoms with E-state index in [1.165, 1.54) is 5.57 Å². The molecule has 3 nitrogen and oxygen atoms in total. The van der Waals surface area contributed by atoms with Crippen molar-refractivity contribution in [2.75, 3.05) is 0 Å². The summed E-state index contributed by atoms with van der Waals surface area (Å²) < 4.78 is 77.3. The number of halogens is 6. The van der Waals surface area contributed by atoms with Crippen molar-refractivity contribution in [3.05, 3.63) is 34.9 Å². The van der Waals surface area contributed by atoms with Gasteiger partial charge in [0.15, 0.2) is 0 Å². The van der Waals surface area contributed by atoms with Crippen LogP contribution in [-0.2, 0) is 0 Å². The third-order valence-electron chi connectivity index (χ3n) is 7.71. The van der Waals surface area contributed by atoms with Gasteiger partial charge in [-0.3, -0.25) is 0 Å². The number of rotatable bonds is 3. The van der Waals surface area contributed by atoms with E-state index in [4.69, 9.17) is 0 Å². The minimum absolute atomic E-state index is 0.166. The molecule has 9 heteroatoms. The number of hydrogen-bond donors (Lipinski definition) is 3. The number of allylic oxidation sites excluding steroid dienone is 5. The van der Waals surface area contributed by atoms with E-state index in [0.29, 0.717) is 19.3 Å². The summed E-state index contributed by atoms with van der Waals surface area (Å²) in [5.74, 6) is 2.81. The highest BCUT2D eigenvalue weighted by Gasteiger charge is 2.70. The van der Waals surface area contributed by atoms with Crippen LogP contribution in [0.15, 0.2) is 34.9 Å². The number of aliphatic hydroxyl groups is 3. The van der Waals surface area contributed by atoms with Gasteiger partial charge in [0, 0.05) is 6.42 Å². The van der Waals surface area contributed by atoms with Crippen LogP contribution in [0.3, 0.4) is 0 Å². The molecule has 0 saturated heterocycles. The third-order valence-corrected chi connectivity index (χ3v) is 7.71. The largest absolute Gasteiger partial charge is 0.438 e. The molecule has 2 fully saturated rings. The van der Waals surface area contributed by atoms with E-state index < -0.39 is 30.2 Å². The van der Waals surface area contributed by atoms with Crippen molar-refractivity contribution in [1.29, 1.82) is 0 Å². The van der Waals surface area contributed by atoms with E-state index >= 15 is 0 Å². The molecule has 0 amide bonds. The number of alkyl halides is 6. The Morgan fingerprint density at radius 1 is 1.09 bits per heavy atom. The van der Waals surface area contributed by atoms with E-state index in [0.717, 1.165) is 42.7 Å². The van der Waals surface area contributed by atoms with Gasteiger partial charge in [-0.1, -0.05) is 54.7 Å². The van der Waals surface area contributed by atoms with E-state index in [2.05, 4.69) is 13.0 Å². The predicted molar refractivity (Wildman–Crippen MR) is 119 cm³/mol. The SMILES string of the molecule is C[C@H](CC#CC(O)(C(F)(F)F)C(F)(F)F)C1=CC[C@H]2/C(=C/C=C3C[C@H](O)C[C@@H](O)C3)CCC[C@]12C. The predicted octanol–water partition coefficient (Wildman–Crippen LogP) is 5.77. The first-order valence-electron chi connectivity index (χ1n) is 11.9. The van der Waals surface area contributed by atoms with Gasteiger partial charge in [0.1, 0.15) is 0 Å². The molecule has 35 heavy (non-hydrogen) atoms. The lowest BCUT2D eigenvalue weighted by Gasteiger charge is -2.42. The molecule has 0 radical (unpaired) electrons. The lowest BCUT2D eigenvalue weighted by molar-refractivity contribution is -0.343. The summed E-state index contributed by atoms with van der Waals surface area (Å²) in [5.41, 5.74) is -2.16. The second kappa shape index (κ2) is 9.95. The normalized spacial score (nSPS) is 32.0. The minimum atomic E-state index is -5.95. The fourth-order valence-electron chi connectivity index (χ4n) is 5.89. The Bertz CT molecular complexity index is 923. The lowest BCUT2D eigenvalue weighted by atomic mass is 9.62. The summed E-state index contributed by atoms with van der Waals surface area (Å²) in [5, 5.41) is 29.1. The molecule has 0 aromatic heterocycles. The van der Waals surface area contributed by atoms with Crippen LogP contribution in [0.4, 0.5) is 26.3 Å². The van der Waals surface area contributed by atoms with Crippen molar-refractivity contribution in [1.82, 2.24) is 0 Å².